The fourth-order valence-corrected chi connectivity index (χ4v) is 8.22. The van der Waals surface area contributed by atoms with E-state index in [2.05, 4.69) is 61.6 Å². The lowest BCUT2D eigenvalue weighted by molar-refractivity contribution is -0.213. The molecule has 0 spiro atoms. The number of epoxide rings is 1. The van der Waals surface area contributed by atoms with Gasteiger partial charge in [0, 0.05) is 6.10 Å². The number of alkyl halides is 1. The van der Waals surface area contributed by atoms with Crippen molar-refractivity contribution in [1.82, 2.24) is 0 Å². The van der Waals surface area contributed by atoms with Gasteiger partial charge in [0.15, 0.2) is 8.32 Å². The van der Waals surface area contributed by atoms with E-state index < -0.39 is 8.32 Å². The van der Waals surface area contributed by atoms with Gasteiger partial charge in [0.25, 0.3) is 0 Å². The average Bonchev–Trinajstić information content (AvgIpc) is 3.29. The van der Waals surface area contributed by atoms with Crippen molar-refractivity contribution < 1.29 is 13.9 Å². The van der Waals surface area contributed by atoms with E-state index in [-0.39, 0.29) is 27.2 Å². The van der Waals surface area contributed by atoms with Crippen LogP contribution in [-0.2, 0) is 13.9 Å². The van der Waals surface area contributed by atoms with Crippen molar-refractivity contribution in [1.29, 1.82) is 0 Å². The standard InChI is InChI=1S/C25H45ClO3Si/c1-22(2,3)30(8,9)28-18-11-10-17(20-16(18)12-14-25(7)21(20)27-25)24(6)15-13-19(26)23(4,5)29-24/h16-21H,10-15H2,1-9H3/t16-,17-,18-,19-,20-,21-,24+,25+/m0/s1. The lowest BCUT2D eigenvalue weighted by atomic mass is 9.57. The van der Waals surface area contributed by atoms with Crippen molar-refractivity contribution in [3.05, 3.63) is 0 Å². The molecule has 0 N–H and O–H groups in total. The van der Waals surface area contributed by atoms with Gasteiger partial charge in [-0.2, -0.15) is 0 Å². The maximum atomic E-state index is 7.06. The second kappa shape index (κ2) is 7.19. The van der Waals surface area contributed by atoms with Crippen LogP contribution in [0.4, 0.5) is 0 Å². The molecule has 0 aromatic rings. The fraction of sp³-hybridized carbons (Fsp3) is 1.00. The van der Waals surface area contributed by atoms with Crippen LogP contribution >= 0.6 is 11.6 Å². The third-order valence-electron chi connectivity index (χ3n) is 9.64. The summed E-state index contributed by atoms with van der Waals surface area (Å²) in [5.74, 6) is 1.66. The van der Waals surface area contributed by atoms with Crippen LogP contribution < -0.4 is 0 Å². The third kappa shape index (κ3) is 3.85. The van der Waals surface area contributed by atoms with E-state index in [9.17, 15) is 0 Å². The van der Waals surface area contributed by atoms with E-state index in [0.717, 1.165) is 19.3 Å². The molecule has 0 amide bonds. The topological polar surface area (TPSA) is 31.0 Å². The van der Waals surface area contributed by atoms with Gasteiger partial charge in [0.1, 0.15) is 0 Å². The van der Waals surface area contributed by atoms with Crippen molar-refractivity contribution in [2.24, 2.45) is 17.8 Å². The smallest absolute Gasteiger partial charge is 0.192 e. The Morgan fingerprint density at radius 2 is 1.57 bits per heavy atom. The highest BCUT2D eigenvalue weighted by molar-refractivity contribution is 6.74. The number of ether oxygens (including phenoxy) is 2. The van der Waals surface area contributed by atoms with Gasteiger partial charge in [-0.1, -0.05) is 20.8 Å². The highest BCUT2D eigenvalue weighted by Crippen LogP contribution is 2.62. The zero-order valence-electron chi connectivity index (χ0n) is 20.8. The molecule has 8 atom stereocenters. The molecule has 2 aliphatic carbocycles. The van der Waals surface area contributed by atoms with Gasteiger partial charge in [-0.15, -0.1) is 11.6 Å². The summed E-state index contributed by atoms with van der Waals surface area (Å²) < 4.78 is 20.3. The predicted molar refractivity (Wildman–Crippen MR) is 127 cm³/mol. The van der Waals surface area contributed by atoms with Gasteiger partial charge in [0.2, 0.25) is 0 Å². The van der Waals surface area contributed by atoms with Crippen molar-refractivity contribution >= 4 is 19.9 Å². The van der Waals surface area contributed by atoms with Gasteiger partial charge in [-0.05, 0) is 102 Å². The van der Waals surface area contributed by atoms with Crippen LogP contribution in [0.3, 0.4) is 0 Å². The maximum absolute atomic E-state index is 7.06. The van der Waals surface area contributed by atoms with Crippen LogP contribution in [0.5, 0.6) is 0 Å². The first-order valence-electron chi connectivity index (χ1n) is 12.3. The molecule has 0 aromatic carbocycles. The maximum Gasteiger partial charge on any atom is 0.192 e. The Labute approximate surface area is 191 Å². The van der Waals surface area contributed by atoms with Crippen LogP contribution in [-0.4, -0.2) is 42.7 Å². The first kappa shape index (κ1) is 23.5. The zero-order chi connectivity index (χ0) is 22.3. The van der Waals surface area contributed by atoms with E-state index in [4.69, 9.17) is 25.5 Å². The highest BCUT2D eigenvalue weighted by Gasteiger charge is 2.67. The average molecular weight is 457 g/mol. The van der Waals surface area contributed by atoms with Gasteiger partial charge in [0.05, 0.1) is 28.3 Å². The summed E-state index contributed by atoms with van der Waals surface area (Å²) >= 11 is 6.64. The molecule has 3 nitrogen and oxygen atoms in total. The molecule has 4 fully saturated rings. The SMILES string of the molecule is CC1(C)O[C@@](C)([C@H]2CC[C@H](O[Si](C)(C)C(C)(C)C)[C@@H]3CC[C@@]4(C)O[C@H]4[C@@H]32)CC[C@@H]1Cl. The summed E-state index contributed by atoms with van der Waals surface area (Å²) in [6.07, 6.45) is 7.58. The van der Waals surface area contributed by atoms with E-state index in [1.807, 2.05) is 0 Å². The Morgan fingerprint density at radius 1 is 0.933 bits per heavy atom. The van der Waals surface area contributed by atoms with Gasteiger partial charge in [-0.25, -0.2) is 0 Å². The van der Waals surface area contributed by atoms with Crippen LogP contribution in [0, 0.1) is 17.8 Å². The molecule has 0 unspecified atom stereocenters. The first-order valence-corrected chi connectivity index (χ1v) is 15.6. The monoisotopic (exact) mass is 456 g/mol. The third-order valence-corrected chi connectivity index (χ3v) is 14.9. The summed E-state index contributed by atoms with van der Waals surface area (Å²) in [4.78, 5) is 0. The van der Waals surface area contributed by atoms with Crippen LogP contribution in [0.25, 0.3) is 0 Å². The predicted octanol–water partition coefficient (Wildman–Crippen LogP) is 6.93. The van der Waals surface area contributed by atoms with Crippen molar-refractivity contribution in [3.8, 4) is 0 Å². The summed E-state index contributed by atoms with van der Waals surface area (Å²) in [5.41, 5.74) is -0.307. The second-order valence-electron chi connectivity index (χ2n) is 13.3. The molecule has 2 heterocycles. The minimum absolute atomic E-state index is 0.0911. The van der Waals surface area contributed by atoms with Crippen molar-refractivity contribution in [3.63, 3.8) is 0 Å². The molecule has 4 aliphatic rings. The van der Waals surface area contributed by atoms with Crippen molar-refractivity contribution in [2.75, 3.05) is 0 Å². The number of rotatable bonds is 3. The summed E-state index contributed by atoms with van der Waals surface area (Å²) in [6.45, 7) is 20.9. The molecule has 0 aromatic heterocycles. The van der Waals surface area contributed by atoms with Crippen molar-refractivity contribution in [2.45, 2.75) is 140 Å². The molecule has 2 saturated carbocycles. The van der Waals surface area contributed by atoms with Gasteiger partial charge in [-0.3, -0.25) is 0 Å². The lowest BCUT2D eigenvalue weighted by Gasteiger charge is -2.56. The summed E-state index contributed by atoms with van der Waals surface area (Å²) in [6, 6.07) is 0. The first-order chi connectivity index (χ1) is 13.6. The molecule has 0 radical (unpaired) electrons. The number of halogens is 1. The fourth-order valence-electron chi connectivity index (χ4n) is 6.66. The van der Waals surface area contributed by atoms with E-state index >= 15 is 0 Å². The molecule has 2 saturated heterocycles. The zero-order valence-corrected chi connectivity index (χ0v) is 22.6. The highest BCUT2D eigenvalue weighted by atomic mass is 35.5. The largest absolute Gasteiger partial charge is 0.414 e. The molecular weight excluding hydrogens is 412 g/mol. The summed E-state index contributed by atoms with van der Waals surface area (Å²) in [7, 11) is -1.80. The number of fused-ring (bicyclic) bond motifs is 3. The van der Waals surface area contributed by atoms with Gasteiger partial charge >= 0.3 is 0 Å². The molecule has 0 bridgehead atoms. The van der Waals surface area contributed by atoms with E-state index in [0.29, 0.717) is 30.0 Å². The number of hydrogen-bond acceptors (Lipinski definition) is 3. The Kier molecular flexibility index (Phi) is 5.64. The molecular formula is C25H45ClO3Si. The minimum atomic E-state index is -1.80. The quantitative estimate of drug-likeness (QED) is 0.262. The Hall–Kier alpha value is 0.387. The Bertz CT molecular complexity index is 674. The van der Waals surface area contributed by atoms with Gasteiger partial charge < -0.3 is 13.9 Å². The lowest BCUT2D eigenvalue weighted by Crippen LogP contribution is -2.60. The van der Waals surface area contributed by atoms with E-state index in [1.54, 1.807) is 0 Å². The van der Waals surface area contributed by atoms with Crippen LogP contribution in [0.15, 0.2) is 0 Å². The van der Waals surface area contributed by atoms with Crippen LogP contribution in [0.1, 0.15) is 87.0 Å². The Morgan fingerprint density at radius 3 is 2.17 bits per heavy atom. The van der Waals surface area contributed by atoms with Crippen LogP contribution in [0.2, 0.25) is 18.1 Å². The molecule has 2 aliphatic heterocycles. The second-order valence-corrected chi connectivity index (χ2v) is 18.5. The normalized spacial score (nSPS) is 48.6. The molecule has 5 heteroatoms. The van der Waals surface area contributed by atoms with E-state index in [1.165, 1.54) is 19.3 Å². The number of hydrogen-bond donors (Lipinski definition) is 0. The Balaban J connectivity index is 1.60. The molecule has 4 rings (SSSR count). The minimum Gasteiger partial charge on any atom is -0.414 e. The summed E-state index contributed by atoms with van der Waals surface area (Å²) in [5, 5.41) is 0.338. The molecule has 30 heavy (non-hydrogen) atoms. The molecule has 174 valence electrons.